The van der Waals surface area contributed by atoms with Gasteiger partial charge in [0, 0.05) is 33.4 Å². The number of allylic oxidation sites excluding steroid dienone is 1. The number of benzene rings is 7. The Balaban J connectivity index is 1.23. The van der Waals surface area contributed by atoms with Crippen molar-refractivity contribution in [3.8, 4) is 16.8 Å². The van der Waals surface area contributed by atoms with Gasteiger partial charge in [-0.05, 0) is 95.1 Å². The van der Waals surface area contributed by atoms with Crippen molar-refractivity contribution in [2.75, 3.05) is 4.90 Å². The van der Waals surface area contributed by atoms with Gasteiger partial charge in [0.15, 0.2) is 0 Å². The molecule has 0 radical (unpaired) electrons. The minimum Gasteiger partial charge on any atom is -0.310 e. The molecule has 224 valence electrons. The molecule has 0 aliphatic carbocycles. The molecule has 8 aromatic rings. The van der Waals surface area contributed by atoms with E-state index in [2.05, 4.69) is 186 Å². The molecule has 2 nitrogen and oxygen atoms in total. The van der Waals surface area contributed by atoms with Crippen molar-refractivity contribution in [3.05, 3.63) is 182 Å². The normalized spacial score (nSPS) is 11.5. The fourth-order valence-electron chi connectivity index (χ4n) is 6.87. The molecule has 0 unspecified atom stereocenters. The highest BCUT2D eigenvalue weighted by atomic mass is 15.1. The molecule has 0 saturated carbocycles. The van der Waals surface area contributed by atoms with Gasteiger partial charge in [-0.15, -0.1) is 0 Å². The van der Waals surface area contributed by atoms with E-state index >= 15 is 0 Å². The van der Waals surface area contributed by atoms with Gasteiger partial charge in [-0.1, -0.05) is 122 Å². The zero-order valence-corrected chi connectivity index (χ0v) is 26.3. The van der Waals surface area contributed by atoms with Crippen LogP contribution in [0.4, 0.5) is 17.1 Å². The van der Waals surface area contributed by atoms with Crippen LogP contribution in [-0.2, 0) is 0 Å². The maximum Gasteiger partial charge on any atom is 0.0541 e. The molecule has 0 atom stereocenters. The zero-order chi connectivity index (χ0) is 31.7. The lowest BCUT2D eigenvalue weighted by Crippen LogP contribution is -2.11. The van der Waals surface area contributed by atoms with E-state index in [-0.39, 0.29) is 0 Å². The maximum atomic E-state index is 4.18. The van der Waals surface area contributed by atoms with Gasteiger partial charge in [-0.2, -0.15) is 0 Å². The third-order valence-electron chi connectivity index (χ3n) is 9.05. The lowest BCUT2D eigenvalue weighted by Gasteiger charge is -2.28. The van der Waals surface area contributed by atoms with Gasteiger partial charge in [-0.25, -0.2) is 0 Å². The molecule has 0 aliphatic rings. The Labute approximate surface area is 275 Å². The number of hydrogen-bond acceptors (Lipinski definition) is 1. The van der Waals surface area contributed by atoms with Crippen LogP contribution in [0, 0.1) is 0 Å². The van der Waals surface area contributed by atoms with Gasteiger partial charge in [0.25, 0.3) is 0 Å². The average Bonchev–Trinajstić information content (AvgIpc) is 3.46. The number of para-hydroxylation sites is 2. The second kappa shape index (κ2) is 12.0. The van der Waals surface area contributed by atoms with E-state index < -0.39 is 0 Å². The maximum absolute atomic E-state index is 4.18. The fraction of sp³-hybridized carbons (Fsp3) is 0.0222. The second-order valence-electron chi connectivity index (χ2n) is 11.8. The van der Waals surface area contributed by atoms with Crippen LogP contribution in [0.5, 0.6) is 0 Å². The standard InChI is InChI=1S/C45H34N2/c1-3-13-34-16-12-21-43(40(34)4-2)46(37-17-6-5-7-18-37)38-26-22-33(23-27-38)36-25-29-45-42(31-36)41-19-10-11-20-44(41)47(45)39-28-24-32-14-8-9-15-35(32)30-39/h3-31H,2H2,1H3/b13-3-. The zero-order valence-electron chi connectivity index (χ0n) is 26.3. The van der Waals surface area contributed by atoms with E-state index in [1.54, 1.807) is 0 Å². The second-order valence-corrected chi connectivity index (χ2v) is 11.8. The Bertz CT molecular complexity index is 2430. The van der Waals surface area contributed by atoms with Gasteiger partial charge < -0.3 is 9.47 Å². The predicted molar refractivity (Wildman–Crippen MR) is 203 cm³/mol. The van der Waals surface area contributed by atoms with Crippen LogP contribution in [0.3, 0.4) is 0 Å². The lowest BCUT2D eigenvalue weighted by molar-refractivity contribution is 1.19. The van der Waals surface area contributed by atoms with Crippen molar-refractivity contribution >= 4 is 61.8 Å². The highest BCUT2D eigenvalue weighted by molar-refractivity contribution is 6.10. The van der Waals surface area contributed by atoms with Crippen LogP contribution >= 0.6 is 0 Å². The third-order valence-corrected chi connectivity index (χ3v) is 9.05. The average molecular weight is 603 g/mol. The summed E-state index contributed by atoms with van der Waals surface area (Å²) < 4.78 is 2.39. The first-order valence-electron chi connectivity index (χ1n) is 16.1. The molecular formula is C45H34N2. The first kappa shape index (κ1) is 28.4. The van der Waals surface area contributed by atoms with Gasteiger partial charge in [-0.3, -0.25) is 0 Å². The van der Waals surface area contributed by atoms with Crippen LogP contribution in [0.15, 0.2) is 170 Å². The van der Waals surface area contributed by atoms with Gasteiger partial charge in [0.1, 0.15) is 0 Å². The Hall–Kier alpha value is -6.12. The molecule has 1 heterocycles. The van der Waals surface area contributed by atoms with Crippen LogP contribution in [0.25, 0.3) is 61.5 Å². The van der Waals surface area contributed by atoms with Crippen molar-refractivity contribution in [2.24, 2.45) is 0 Å². The van der Waals surface area contributed by atoms with Crippen molar-refractivity contribution in [3.63, 3.8) is 0 Å². The first-order chi connectivity index (χ1) is 23.2. The van der Waals surface area contributed by atoms with Gasteiger partial charge in [0.05, 0.1) is 16.7 Å². The summed E-state index contributed by atoms with van der Waals surface area (Å²) >= 11 is 0. The third kappa shape index (κ3) is 5.01. The van der Waals surface area contributed by atoms with Crippen molar-refractivity contribution < 1.29 is 0 Å². The molecule has 0 saturated heterocycles. The fourth-order valence-corrected chi connectivity index (χ4v) is 6.87. The van der Waals surface area contributed by atoms with Crippen molar-refractivity contribution in [1.82, 2.24) is 4.57 Å². The summed E-state index contributed by atoms with van der Waals surface area (Å²) in [6, 6.07) is 56.8. The molecule has 7 aromatic carbocycles. The summed E-state index contributed by atoms with van der Waals surface area (Å²) in [6.45, 7) is 6.22. The molecule has 2 heteroatoms. The molecule has 0 amide bonds. The molecular weight excluding hydrogens is 569 g/mol. The summed E-state index contributed by atoms with van der Waals surface area (Å²) in [5, 5.41) is 4.99. The Morgan fingerprint density at radius 2 is 1.26 bits per heavy atom. The number of hydrogen-bond donors (Lipinski definition) is 0. The lowest BCUT2D eigenvalue weighted by atomic mass is 10.0. The summed E-state index contributed by atoms with van der Waals surface area (Å²) in [4.78, 5) is 2.31. The molecule has 8 rings (SSSR count). The largest absolute Gasteiger partial charge is 0.310 e. The first-order valence-corrected chi connectivity index (χ1v) is 16.1. The minimum absolute atomic E-state index is 1.09. The summed E-state index contributed by atoms with van der Waals surface area (Å²) in [5.74, 6) is 0. The molecule has 47 heavy (non-hydrogen) atoms. The summed E-state index contributed by atoms with van der Waals surface area (Å²) in [7, 11) is 0. The van der Waals surface area contributed by atoms with E-state index in [0.717, 1.165) is 28.2 Å². The van der Waals surface area contributed by atoms with E-state index in [4.69, 9.17) is 0 Å². The van der Waals surface area contributed by atoms with Gasteiger partial charge >= 0.3 is 0 Å². The number of aromatic nitrogens is 1. The predicted octanol–water partition coefficient (Wildman–Crippen LogP) is 12.7. The van der Waals surface area contributed by atoms with Gasteiger partial charge in [0.2, 0.25) is 0 Å². The Kier molecular flexibility index (Phi) is 7.24. The van der Waals surface area contributed by atoms with E-state index in [9.17, 15) is 0 Å². The van der Waals surface area contributed by atoms with E-state index in [1.165, 1.54) is 49.4 Å². The topological polar surface area (TPSA) is 8.17 Å². The van der Waals surface area contributed by atoms with Crippen LogP contribution in [-0.4, -0.2) is 4.57 Å². The smallest absolute Gasteiger partial charge is 0.0541 e. The van der Waals surface area contributed by atoms with E-state index in [1.807, 2.05) is 13.0 Å². The Morgan fingerprint density at radius 1 is 0.553 bits per heavy atom. The minimum atomic E-state index is 1.09. The number of nitrogens with zero attached hydrogens (tertiary/aromatic N) is 2. The van der Waals surface area contributed by atoms with E-state index in [0.29, 0.717) is 0 Å². The van der Waals surface area contributed by atoms with Crippen LogP contribution in [0.2, 0.25) is 0 Å². The highest BCUT2D eigenvalue weighted by Crippen LogP contribution is 2.40. The quantitative estimate of drug-likeness (QED) is 0.176. The number of rotatable bonds is 7. The molecule has 0 bridgehead atoms. The Morgan fingerprint density at radius 3 is 2.06 bits per heavy atom. The number of fused-ring (bicyclic) bond motifs is 4. The molecule has 0 spiro atoms. The van der Waals surface area contributed by atoms with Crippen LogP contribution in [0.1, 0.15) is 18.1 Å². The molecule has 1 aromatic heterocycles. The monoisotopic (exact) mass is 602 g/mol. The number of anilines is 3. The molecule has 0 N–H and O–H groups in total. The SMILES string of the molecule is C=Cc1c(/C=C\C)cccc1N(c1ccccc1)c1ccc(-c2ccc3c(c2)c2ccccc2n3-c2ccc3ccccc3c2)cc1. The molecule has 0 aliphatic heterocycles. The molecule has 0 fully saturated rings. The van der Waals surface area contributed by atoms with Crippen LogP contribution < -0.4 is 4.90 Å². The van der Waals surface area contributed by atoms with Crippen molar-refractivity contribution in [1.29, 1.82) is 0 Å². The van der Waals surface area contributed by atoms with Crippen molar-refractivity contribution in [2.45, 2.75) is 6.92 Å². The summed E-state index contributed by atoms with van der Waals surface area (Å²) in [5.41, 5.74) is 11.5. The highest BCUT2D eigenvalue weighted by Gasteiger charge is 2.17. The summed E-state index contributed by atoms with van der Waals surface area (Å²) in [6.07, 6.45) is 6.17.